The molecule has 0 aliphatic rings. The van der Waals surface area contributed by atoms with Crippen LogP contribution < -0.4 is 10.9 Å². The fourth-order valence-electron chi connectivity index (χ4n) is 2.26. The number of aromatic nitrogens is 1. The van der Waals surface area contributed by atoms with Gasteiger partial charge in [-0.15, -0.1) is 0 Å². The fourth-order valence-corrected chi connectivity index (χ4v) is 3.40. The van der Waals surface area contributed by atoms with Gasteiger partial charge in [0.05, 0.1) is 16.0 Å². The molecule has 0 bridgehead atoms. The Bertz CT molecular complexity index is 1060. The topological polar surface area (TPSA) is 132 Å². The molecule has 11 heteroatoms. The summed E-state index contributed by atoms with van der Waals surface area (Å²) >= 11 is 0. The number of nitrogens with one attached hydrogen (secondary N) is 1. The lowest BCUT2D eigenvalue weighted by Gasteiger charge is -2.15. The van der Waals surface area contributed by atoms with Crippen LogP contribution in [0.25, 0.3) is 0 Å². The molecule has 27 heavy (non-hydrogen) atoms. The van der Waals surface area contributed by atoms with Crippen LogP contribution in [0.2, 0.25) is 0 Å². The summed E-state index contributed by atoms with van der Waals surface area (Å²) in [5.41, 5.74) is -0.159. The quantitative estimate of drug-likeness (QED) is 0.573. The summed E-state index contributed by atoms with van der Waals surface area (Å²) in [6.07, 6.45) is 0.971. The van der Waals surface area contributed by atoms with Crippen LogP contribution in [-0.2, 0) is 21.4 Å². The Morgan fingerprint density at radius 3 is 2.52 bits per heavy atom. The van der Waals surface area contributed by atoms with E-state index in [2.05, 4.69) is 5.32 Å². The smallest absolute Gasteiger partial charge is 0.285 e. The summed E-state index contributed by atoms with van der Waals surface area (Å²) < 4.78 is 26.6. The highest BCUT2D eigenvalue weighted by molar-refractivity contribution is 7.89. The van der Waals surface area contributed by atoms with Crippen molar-refractivity contribution in [3.63, 3.8) is 0 Å². The van der Waals surface area contributed by atoms with Crippen LogP contribution in [0.3, 0.4) is 0 Å². The molecule has 1 N–H and O–H groups in total. The van der Waals surface area contributed by atoms with Crippen LogP contribution in [0.1, 0.15) is 5.56 Å². The molecular weight excluding hydrogens is 376 g/mol. The third kappa shape index (κ3) is 4.57. The van der Waals surface area contributed by atoms with Gasteiger partial charge >= 0.3 is 0 Å². The second kappa shape index (κ2) is 7.68. The number of rotatable bonds is 6. The predicted octanol–water partition coefficient (Wildman–Crippen LogP) is 0.954. The number of carbonyl (C=O) groups is 1. The molecule has 0 radical (unpaired) electrons. The minimum Gasteiger partial charge on any atom is -0.324 e. The molecule has 0 saturated heterocycles. The monoisotopic (exact) mass is 394 g/mol. The average Bonchev–Trinajstić information content (AvgIpc) is 2.58. The van der Waals surface area contributed by atoms with Gasteiger partial charge in [0.15, 0.2) is 0 Å². The first-order chi connectivity index (χ1) is 12.5. The normalized spacial score (nSPS) is 11.4. The van der Waals surface area contributed by atoms with Gasteiger partial charge in [-0.2, -0.15) is 0 Å². The number of anilines is 1. The third-order valence-electron chi connectivity index (χ3n) is 3.72. The SMILES string of the molecule is Cc1ccc(NC(=O)Cn2cc([N+](=O)[O-])ccc2=O)cc1S(=O)(=O)N(C)C. The molecule has 1 amide bonds. The predicted molar refractivity (Wildman–Crippen MR) is 98.0 cm³/mol. The Kier molecular flexibility index (Phi) is 5.76. The largest absolute Gasteiger partial charge is 0.324 e. The van der Waals surface area contributed by atoms with Gasteiger partial charge in [-0.3, -0.25) is 24.3 Å². The first kappa shape index (κ1) is 20.3. The third-order valence-corrected chi connectivity index (χ3v) is 5.68. The Morgan fingerprint density at radius 1 is 1.26 bits per heavy atom. The number of amides is 1. The molecule has 10 nitrogen and oxygen atoms in total. The van der Waals surface area contributed by atoms with E-state index in [4.69, 9.17) is 0 Å². The molecule has 0 unspecified atom stereocenters. The second-order valence-corrected chi connectivity index (χ2v) is 8.05. The molecule has 0 spiro atoms. The summed E-state index contributed by atoms with van der Waals surface area (Å²) in [4.78, 5) is 34.1. The zero-order valence-corrected chi connectivity index (χ0v) is 15.7. The van der Waals surface area contributed by atoms with Crippen molar-refractivity contribution >= 4 is 27.3 Å². The average molecular weight is 394 g/mol. The Labute approximate surface area is 155 Å². The number of carbonyl (C=O) groups excluding carboxylic acids is 1. The second-order valence-electron chi connectivity index (χ2n) is 5.93. The van der Waals surface area contributed by atoms with E-state index < -0.39 is 33.0 Å². The number of aryl methyl sites for hydroxylation is 1. The molecule has 1 aromatic carbocycles. The van der Waals surface area contributed by atoms with Crippen LogP contribution >= 0.6 is 0 Å². The molecule has 1 heterocycles. The van der Waals surface area contributed by atoms with Crippen LogP contribution in [-0.4, -0.2) is 42.2 Å². The van der Waals surface area contributed by atoms with Gasteiger partial charge in [0.25, 0.3) is 11.2 Å². The van der Waals surface area contributed by atoms with Crippen LogP contribution in [0.5, 0.6) is 0 Å². The standard InChI is InChI=1S/C16H18N4O6S/c1-11-4-5-12(8-14(11)27(25,26)18(2)3)17-15(21)10-19-9-13(20(23)24)6-7-16(19)22/h4-9H,10H2,1-3H3,(H,17,21). The van der Waals surface area contributed by atoms with E-state index in [1.807, 2.05) is 0 Å². The maximum Gasteiger partial charge on any atom is 0.285 e. The molecule has 144 valence electrons. The molecular formula is C16H18N4O6S. The van der Waals surface area contributed by atoms with E-state index in [-0.39, 0.29) is 16.3 Å². The molecule has 2 rings (SSSR count). The minimum atomic E-state index is -3.69. The van der Waals surface area contributed by atoms with Crippen LogP contribution in [0, 0.1) is 17.0 Å². The highest BCUT2D eigenvalue weighted by atomic mass is 32.2. The summed E-state index contributed by atoms with van der Waals surface area (Å²) in [6.45, 7) is 1.18. The summed E-state index contributed by atoms with van der Waals surface area (Å²) in [5, 5.41) is 13.3. The van der Waals surface area contributed by atoms with Crippen molar-refractivity contribution in [2.75, 3.05) is 19.4 Å². The van der Waals surface area contributed by atoms with E-state index in [1.54, 1.807) is 13.0 Å². The molecule has 0 atom stereocenters. The number of sulfonamides is 1. The van der Waals surface area contributed by atoms with Crippen LogP contribution in [0.4, 0.5) is 11.4 Å². The summed E-state index contributed by atoms with van der Waals surface area (Å²) in [7, 11) is -0.900. The maximum absolute atomic E-state index is 12.3. The number of hydrogen-bond donors (Lipinski definition) is 1. The highest BCUT2D eigenvalue weighted by Crippen LogP contribution is 2.22. The zero-order valence-electron chi connectivity index (χ0n) is 14.9. The van der Waals surface area contributed by atoms with E-state index in [1.165, 1.54) is 26.2 Å². The Balaban J connectivity index is 2.26. The number of nitro groups is 1. The lowest BCUT2D eigenvalue weighted by molar-refractivity contribution is -0.385. The molecule has 0 aliphatic carbocycles. The fraction of sp³-hybridized carbons (Fsp3) is 0.250. The van der Waals surface area contributed by atoms with Gasteiger partial charge in [-0.05, 0) is 24.6 Å². The van der Waals surface area contributed by atoms with E-state index in [0.717, 1.165) is 27.2 Å². The van der Waals surface area contributed by atoms with E-state index in [0.29, 0.717) is 5.56 Å². The van der Waals surface area contributed by atoms with Gasteiger partial charge < -0.3 is 5.32 Å². The van der Waals surface area contributed by atoms with Gasteiger partial charge in [-0.1, -0.05) is 6.07 Å². The lowest BCUT2D eigenvalue weighted by atomic mass is 10.2. The first-order valence-electron chi connectivity index (χ1n) is 7.70. The number of pyridine rings is 1. The molecule has 0 fully saturated rings. The van der Waals surface area contributed by atoms with Crippen molar-refractivity contribution in [2.24, 2.45) is 0 Å². The molecule has 1 aromatic heterocycles. The zero-order chi connectivity index (χ0) is 20.4. The van der Waals surface area contributed by atoms with Crippen molar-refractivity contribution < 1.29 is 18.1 Å². The number of hydrogen-bond acceptors (Lipinski definition) is 6. The van der Waals surface area contributed by atoms with Gasteiger partial charge in [0.2, 0.25) is 15.9 Å². The van der Waals surface area contributed by atoms with E-state index in [9.17, 15) is 28.1 Å². The van der Waals surface area contributed by atoms with Gasteiger partial charge in [0, 0.05) is 31.9 Å². The Hall–Kier alpha value is -3.05. The maximum atomic E-state index is 12.3. The van der Waals surface area contributed by atoms with Crippen LogP contribution in [0.15, 0.2) is 46.2 Å². The van der Waals surface area contributed by atoms with Crippen molar-refractivity contribution in [3.8, 4) is 0 Å². The van der Waals surface area contributed by atoms with Crippen molar-refractivity contribution in [1.82, 2.24) is 8.87 Å². The minimum absolute atomic E-state index is 0.0396. The Morgan fingerprint density at radius 2 is 1.93 bits per heavy atom. The summed E-state index contributed by atoms with van der Waals surface area (Å²) in [5.74, 6) is -0.630. The number of nitrogens with zero attached hydrogens (tertiary/aromatic N) is 3. The van der Waals surface area contributed by atoms with Gasteiger partial charge in [0.1, 0.15) is 6.54 Å². The summed E-state index contributed by atoms with van der Waals surface area (Å²) in [6, 6.07) is 6.44. The molecule has 0 saturated carbocycles. The van der Waals surface area contributed by atoms with Crippen molar-refractivity contribution in [1.29, 1.82) is 0 Å². The van der Waals surface area contributed by atoms with Gasteiger partial charge in [-0.25, -0.2) is 12.7 Å². The van der Waals surface area contributed by atoms with E-state index >= 15 is 0 Å². The molecule has 2 aromatic rings. The number of benzene rings is 1. The molecule has 0 aliphatic heterocycles. The van der Waals surface area contributed by atoms with Crippen molar-refractivity contribution in [3.05, 3.63) is 62.6 Å². The highest BCUT2D eigenvalue weighted by Gasteiger charge is 2.20. The van der Waals surface area contributed by atoms with Crippen molar-refractivity contribution in [2.45, 2.75) is 18.4 Å². The lowest BCUT2D eigenvalue weighted by Crippen LogP contribution is -2.27. The first-order valence-corrected chi connectivity index (χ1v) is 9.14.